The molecule has 0 unspecified atom stereocenters. The first kappa shape index (κ1) is 20.5. The molecule has 0 atom stereocenters. The Hall–Kier alpha value is -3.20. The zero-order valence-electron chi connectivity index (χ0n) is 15.1. The van der Waals surface area contributed by atoms with E-state index in [0.29, 0.717) is 17.9 Å². The number of nitrogens with one attached hydrogen (secondary N) is 1. The topological polar surface area (TPSA) is 56.2 Å². The van der Waals surface area contributed by atoms with Gasteiger partial charge in [-0.3, -0.25) is 9.48 Å². The van der Waals surface area contributed by atoms with Crippen LogP contribution in [0.4, 0.5) is 23.4 Å². The second-order valence-corrected chi connectivity index (χ2v) is 6.29. The molecule has 9 heteroatoms. The van der Waals surface area contributed by atoms with Crippen LogP contribution < -0.4 is 5.32 Å². The summed E-state index contributed by atoms with van der Waals surface area (Å²) in [6, 6.07) is 13.7. The van der Waals surface area contributed by atoms with Crippen LogP contribution in [0.25, 0.3) is 0 Å². The predicted octanol–water partition coefficient (Wildman–Crippen LogP) is 4.40. The first-order valence-corrected chi connectivity index (χ1v) is 8.61. The minimum absolute atomic E-state index is 0.257. The van der Waals surface area contributed by atoms with Gasteiger partial charge in [0.2, 0.25) is 0 Å². The molecule has 3 aromatic rings. The number of halogens is 4. The van der Waals surface area contributed by atoms with Gasteiger partial charge < -0.3 is 10.1 Å². The molecule has 1 amide bonds. The van der Waals surface area contributed by atoms with Gasteiger partial charge in [0.15, 0.2) is 5.82 Å². The van der Waals surface area contributed by atoms with E-state index in [1.165, 1.54) is 24.3 Å². The van der Waals surface area contributed by atoms with Gasteiger partial charge in [0.25, 0.3) is 5.91 Å². The van der Waals surface area contributed by atoms with Crippen LogP contribution in [0.2, 0.25) is 0 Å². The molecule has 0 aliphatic heterocycles. The molecule has 0 aliphatic rings. The first-order chi connectivity index (χ1) is 13.8. The second kappa shape index (κ2) is 8.87. The molecule has 152 valence electrons. The fraction of sp³-hybridized carbons (Fsp3) is 0.200. The van der Waals surface area contributed by atoms with Gasteiger partial charge in [-0.05, 0) is 35.4 Å². The van der Waals surface area contributed by atoms with Gasteiger partial charge in [-0.15, -0.1) is 0 Å². The fourth-order valence-electron chi connectivity index (χ4n) is 2.57. The number of alkyl halides is 3. The molecule has 0 fully saturated rings. The Balaban J connectivity index is 1.58. The molecule has 1 aromatic heterocycles. The van der Waals surface area contributed by atoms with E-state index in [0.717, 1.165) is 5.56 Å². The minimum atomic E-state index is -4.40. The van der Waals surface area contributed by atoms with E-state index in [9.17, 15) is 22.4 Å². The summed E-state index contributed by atoms with van der Waals surface area (Å²) < 4.78 is 55.6. The van der Waals surface area contributed by atoms with E-state index in [-0.39, 0.29) is 18.0 Å². The number of amides is 1. The number of nitrogens with zero attached hydrogens (tertiary/aromatic N) is 2. The number of carbonyl (C=O) groups is 1. The van der Waals surface area contributed by atoms with Crippen LogP contribution in [0.1, 0.15) is 21.5 Å². The fourth-order valence-corrected chi connectivity index (χ4v) is 2.57. The number of aromatic nitrogens is 2. The third kappa shape index (κ3) is 6.42. The highest BCUT2D eigenvalue weighted by atomic mass is 19.4. The molecule has 1 N–H and O–H groups in total. The van der Waals surface area contributed by atoms with E-state index < -0.39 is 18.7 Å². The molecule has 1 heterocycles. The molecule has 3 rings (SSSR count). The van der Waals surface area contributed by atoms with Crippen molar-refractivity contribution in [2.45, 2.75) is 19.3 Å². The summed E-state index contributed by atoms with van der Waals surface area (Å²) in [7, 11) is 0. The van der Waals surface area contributed by atoms with E-state index >= 15 is 0 Å². The Bertz CT molecular complexity index is 968. The van der Waals surface area contributed by atoms with Crippen molar-refractivity contribution in [3.63, 3.8) is 0 Å². The Morgan fingerprint density at radius 2 is 1.83 bits per heavy atom. The minimum Gasteiger partial charge on any atom is -0.367 e. The largest absolute Gasteiger partial charge is 0.411 e. The number of benzene rings is 2. The van der Waals surface area contributed by atoms with E-state index in [1.807, 2.05) is 0 Å². The molecule has 0 saturated heterocycles. The number of hydrogen-bond acceptors (Lipinski definition) is 3. The average molecular weight is 407 g/mol. The monoisotopic (exact) mass is 407 g/mol. The maximum Gasteiger partial charge on any atom is 0.411 e. The van der Waals surface area contributed by atoms with Gasteiger partial charge in [0.1, 0.15) is 12.4 Å². The third-order valence-corrected chi connectivity index (χ3v) is 3.86. The smallest absolute Gasteiger partial charge is 0.367 e. The molecule has 2 aromatic carbocycles. The van der Waals surface area contributed by atoms with Gasteiger partial charge in [-0.1, -0.05) is 24.3 Å². The van der Waals surface area contributed by atoms with Crippen LogP contribution in [0.15, 0.2) is 60.8 Å². The lowest BCUT2D eigenvalue weighted by molar-refractivity contribution is -0.176. The van der Waals surface area contributed by atoms with Gasteiger partial charge in [-0.25, -0.2) is 4.39 Å². The Morgan fingerprint density at radius 3 is 2.55 bits per heavy atom. The van der Waals surface area contributed by atoms with Crippen molar-refractivity contribution < 1.29 is 27.1 Å². The maximum absolute atomic E-state index is 13.0. The second-order valence-electron chi connectivity index (χ2n) is 6.29. The number of anilines is 1. The summed E-state index contributed by atoms with van der Waals surface area (Å²) >= 11 is 0. The first-order valence-electron chi connectivity index (χ1n) is 8.61. The highest BCUT2D eigenvalue weighted by molar-refractivity contribution is 6.03. The highest BCUT2D eigenvalue weighted by Gasteiger charge is 2.27. The van der Waals surface area contributed by atoms with Gasteiger partial charge in [0.05, 0.1) is 13.2 Å². The van der Waals surface area contributed by atoms with E-state index in [4.69, 9.17) is 0 Å². The Labute approximate surface area is 163 Å². The lowest BCUT2D eigenvalue weighted by Gasteiger charge is -2.09. The van der Waals surface area contributed by atoms with Crippen LogP contribution in [0, 0.1) is 5.82 Å². The molecule has 29 heavy (non-hydrogen) atoms. The maximum atomic E-state index is 13.0. The number of hydrogen-bond donors (Lipinski definition) is 1. The lowest BCUT2D eigenvalue weighted by atomic mass is 10.1. The average Bonchev–Trinajstić information content (AvgIpc) is 3.09. The van der Waals surface area contributed by atoms with Crippen molar-refractivity contribution in [3.05, 3.63) is 83.3 Å². The summed E-state index contributed by atoms with van der Waals surface area (Å²) in [5, 5.41) is 6.86. The molecule has 0 radical (unpaired) electrons. The third-order valence-electron chi connectivity index (χ3n) is 3.86. The van der Waals surface area contributed by atoms with Crippen molar-refractivity contribution in [2.75, 3.05) is 11.9 Å². The van der Waals surface area contributed by atoms with Gasteiger partial charge >= 0.3 is 6.18 Å². The van der Waals surface area contributed by atoms with E-state index in [1.54, 1.807) is 41.2 Å². The van der Waals surface area contributed by atoms with Crippen molar-refractivity contribution in [1.29, 1.82) is 0 Å². The van der Waals surface area contributed by atoms with Gasteiger partial charge in [0, 0.05) is 17.8 Å². The molecule has 0 saturated carbocycles. The van der Waals surface area contributed by atoms with Crippen molar-refractivity contribution >= 4 is 11.7 Å². The zero-order valence-corrected chi connectivity index (χ0v) is 15.1. The number of carbonyl (C=O) groups excluding carboxylic acids is 1. The molecular formula is C20H17F4N3O2. The van der Waals surface area contributed by atoms with Crippen LogP contribution in [0.5, 0.6) is 0 Å². The quantitative estimate of drug-likeness (QED) is 0.591. The summed E-state index contributed by atoms with van der Waals surface area (Å²) in [4.78, 5) is 12.4. The lowest BCUT2D eigenvalue weighted by Crippen LogP contribution is -2.17. The zero-order chi connectivity index (χ0) is 20.9. The summed E-state index contributed by atoms with van der Waals surface area (Å²) in [5.74, 6) is -0.459. The van der Waals surface area contributed by atoms with Crippen molar-refractivity contribution in [2.24, 2.45) is 0 Å². The van der Waals surface area contributed by atoms with Crippen molar-refractivity contribution in [3.8, 4) is 0 Å². The number of ether oxygens (including phenoxy) is 1. The van der Waals surface area contributed by atoms with Crippen LogP contribution in [0.3, 0.4) is 0 Å². The Kier molecular flexibility index (Phi) is 6.28. The van der Waals surface area contributed by atoms with Crippen LogP contribution in [-0.2, 0) is 17.9 Å². The standard InChI is InChI=1S/C20H17F4N3O2/c21-17-6-4-14(5-7-17)11-27-9-8-18(26-27)25-19(28)16-3-1-2-15(10-16)12-29-13-20(22,23)24/h1-10H,11-13H2,(H,25,26,28). The molecule has 0 spiro atoms. The summed E-state index contributed by atoms with van der Waals surface area (Å²) in [6.45, 7) is -1.20. The summed E-state index contributed by atoms with van der Waals surface area (Å²) in [6.07, 6.45) is -2.73. The van der Waals surface area contributed by atoms with E-state index in [2.05, 4.69) is 15.2 Å². The van der Waals surface area contributed by atoms with Crippen LogP contribution in [-0.4, -0.2) is 28.5 Å². The van der Waals surface area contributed by atoms with Crippen LogP contribution >= 0.6 is 0 Å². The molecular weight excluding hydrogens is 390 g/mol. The predicted molar refractivity (Wildman–Crippen MR) is 97.8 cm³/mol. The Morgan fingerprint density at radius 1 is 1.07 bits per heavy atom. The normalized spacial score (nSPS) is 11.4. The van der Waals surface area contributed by atoms with Gasteiger partial charge in [-0.2, -0.15) is 18.3 Å². The SMILES string of the molecule is O=C(Nc1ccn(Cc2ccc(F)cc2)n1)c1cccc(COCC(F)(F)F)c1. The summed E-state index contributed by atoms with van der Waals surface area (Å²) in [5.41, 5.74) is 1.56. The molecule has 5 nitrogen and oxygen atoms in total. The molecule has 0 bridgehead atoms. The number of rotatable bonds is 7. The molecule has 0 aliphatic carbocycles. The van der Waals surface area contributed by atoms with Crippen molar-refractivity contribution in [1.82, 2.24) is 9.78 Å². The highest BCUT2D eigenvalue weighted by Crippen LogP contribution is 2.16.